The number of para-hydroxylation sites is 1. The summed E-state index contributed by atoms with van der Waals surface area (Å²) in [6, 6.07) is 7.42. The molecule has 2 N–H and O–H groups in total. The highest BCUT2D eigenvalue weighted by atomic mass is 16.4. The summed E-state index contributed by atoms with van der Waals surface area (Å²) in [5.41, 5.74) is 1.87. The molecule has 1 unspecified atom stereocenters. The number of aliphatic carboxylic acids is 1. The molecule has 4 heteroatoms. The molecule has 3 rings (SSSR count). The van der Waals surface area contributed by atoms with Crippen molar-refractivity contribution in [3.8, 4) is 5.75 Å². The van der Waals surface area contributed by atoms with Crippen molar-refractivity contribution in [1.82, 2.24) is 4.57 Å². The third-order valence-electron chi connectivity index (χ3n) is 3.49. The Labute approximate surface area is 98.1 Å². The lowest BCUT2D eigenvalue weighted by Gasteiger charge is -2.22. The van der Waals surface area contributed by atoms with Crippen molar-refractivity contribution < 1.29 is 15.0 Å². The van der Waals surface area contributed by atoms with Gasteiger partial charge in [-0.3, -0.25) is 4.79 Å². The van der Waals surface area contributed by atoms with Crippen LogP contribution in [0.2, 0.25) is 0 Å². The molecule has 2 aromatic rings. The number of aryl methyl sites for hydroxylation is 1. The molecule has 17 heavy (non-hydrogen) atoms. The molecule has 1 aromatic carbocycles. The molecule has 0 aliphatic carbocycles. The van der Waals surface area contributed by atoms with Gasteiger partial charge in [-0.05, 0) is 25.0 Å². The number of hydrogen-bond donors (Lipinski definition) is 2. The first kappa shape index (κ1) is 10.2. The molecular formula is C13H13NO3. The highest BCUT2D eigenvalue weighted by molar-refractivity contribution is 5.87. The third-order valence-corrected chi connectivity index (χ3v) is 3.49. The number of hydrogen-bond acceptors (Lipinski definition) is 2. The number of rotatable bonds is 1. The van der Waals surface area contributed by atoms with Crippen LogP contribution >= 0.6 is 0 Å². The van der Waals surface area contributed by atoms with Gasteiger partial charge in [0.1, 0.15) is 5.75 Å². The largest absolute Gasteiger partial charge is 0.506 e. The number of phenols is 1. The van der Waals surface area contributed by atoms with Gasteiger partial charge in [0.25, 0.3) is 0 Å². The summed E-state index contributed by atoms with van der Waals surface area (Å²) in [4.78, 5) is 11.0. The van der Waals surface area contributed by atoms with Crippen molar-refractivity contribution >= 4 is 16.9 Å². The number of carboxylic acid groups (broad SMARTS) is 1. The molecule has 0 radical (unpaired) electrons. The molecule has 0 spiro atoms. The van der Waals surface area contributed by atoms with Gasteiger partial charge in [0.05, 0.1) is 11.4 Å². The summed E-state index contributed by atoms with van der Waals surface area (Å²) in [5, 5.41) is 19.9. The van der Waals surface area contributed by atoms with Gasteiger partial charge in [-0.15, -0.1) is 0 Å². The van der Waals surface area contributed by atoms with E-state index < -0.39 is 5.97 Å². The number of carbonyl (C=O) groups is 1. The van der Waals surface area contributed by atoms with Crippen molar-refractivity contribution in [1.29, 1.82) is 0 Å². The van der Waals surface area contributed by atoms with E-state index in [0.29, 0.717) is 13.0 Å². The summed E-state index contributed by atoms with van der Waals surface area (Å²) < 4.78 is 1.94. The molecule has 1 aromatic heterocycles. The summed E-state index contributed by atoms with van der Waals surface area (Å²) in [5.74, 6) is -0.884. The summed E-state index contributed by atoms with van der Waals surface area (Å²) in [6.07, 6.45) is 1.43. The van der Waals surface area contributed by atoms with E-state index in [-0.39, 0.29) is 11.7 Å². The van der Waals surface area contributed by atoms with E-state index in [4.69, 9.17) is 5.11 Å². The monoisotopic (exact) mass is 231 g/mol. The van der Waals surface area contributed by atoms with Gasteiger partial charge < -0.3 is 14.8 Å². The van der Waals surface area contributed by atoms with Crippen molar-refractivity contribution in [3.05, 3.63) is 30.0 Å². The first-order valence-corrected chi connectivity index (χ1v) is 5.69. The Morgan fingerprint density at radius 1 is 1.41 bits per heavy atom. The Bertz CT molecular complexity index is 600. The van der Waals surface area contributed by atoms with Crippen LogP contribution in [0.3, 0.4) is 0 Å². The Hall–Kier alpha value is -1.97. The molecular weight excluding hydrogens is 218 g/mol. The van der Waals surface area contributed by atoms with Gasteiger partial charge >= 0.3 is 5.97 Å². The van der Waals surface area contributed by atoms with E-state index >= 15 is 0 Å². The topological polar surface area (TPSA) is 62.5 Å². The van der Waals surface area contributed by atoms with E-state index in [9.17, 15) is 9.90 Å². The molecule has 1 aliphatic heterocycles. The second kappa shape index (κ2) is 3.52. The quantitative estimate of drug-likeness (QED) is 0.789. The molecule has 0 bridgehead atoms. The van der Waals surface area contributed by atoms with Crippen LogP contribution < -0.4 is 0 Å². The van der Waals surface area contributed by atoms with Gasteiger partial charge in [0.15, 0.2) is 0 Å². The average molecular weight is 231 g/mol. The van der Waals surface area contributed by atoms with Crippen LogP contribution in [-0.4, -0.2) is 20.7 Å². The van der Waals surface area contributed by atoms with Gasteiger partial charge in [-0.1, -0.05) is 12.1 Å². The SMILES string of the molecule is O=C(O)C1CCc2cc3cccc(O)c3n2C1. The zero-order valence-corrected chi connectivity index (χ0v) is 9.26. The fraction of sp³-hybridized carbons (Fsp3) is 0.308. The first-order valence-electron chi connectivity index (χ1n) is 5.69. The first-order chi connectivity index (χ1) is 8.16. The maximum Gasteiger partial charge on any atom is 0.308 e. The van der Waals surface area contributed by atoms with E-state index in [1.807, 2.05) is 16.7 Å². The highest BCUT2D eigenvalue weighted by Gasteiger charge is 2.26. The van der Waals surface area contributed by atoms with Gasteiger partial charge in [0.2, 0.25) is 0 Å². The Balaban J connectivity index is 2.17. The third kappa shape index (κ3) is 1.48. The second-order valence-electron chi connectivity index (χ2n) is 4.54. The lowest BCUT2D eigenvalue weighted by Crippen LogP contribution is -2.26. The van der Waals surface area contributed by atoms with Crippen LogP contribution in [0.1, 0.15) is 12.1 Å². The number of carboxylic acids is 1. The molecule has 0 saturated carbocycles. The molecule has 88 valence electrons. The zero-order chi connectivity index (χ0) is 12.0. The number of fused-ring (bicyclic) bond motifs is 3. The number of nitrogens with zero attached hydrogens (tertiary/aromatic N) is 1. The van der Waals surface area contributed by atoms with Crippen LogP contribution in [0.5, 0.6) is 5.75 Å². The molecule has 0 fully saturated rings. The highest BCUT2D eigenvalue weighted by Crippen LogP contribution is 2.32. The fourth-order valence-electron chi connectivity index (χ4n) is 2.61. The predicted octanol–water partition coefficient (Wildman–Crippen LogP) is 1.99. The molecule has 4 nitrogen and oxygen atoms in total. The minimum absolute atomic E-state index is 0.222. The molecule has 2 heterocycles. The van der Waals surface area contributed by atoms with E-state index in [1.165, 1.54) is 0 Å². The Morgan fingerprint density at radius 3 is 3.00 bits per heavy atom. The van der Waals surface area contributed by atoms with Gasteiger partial charge in [0, 0.05) is 17.6 Å². The summed E-state index contributed by atoms with van der Waals surface area (Å²) in [6.45, 7) is 0.450. The van der Waals surface area contributed by atoms with Crippen molar-refractivity contribution in [3.63, 3.8) is 0 Å². The maximum absolute atomic E-state index is 11.0. The van der Waals surface area contributed by atoms with E-state index in [0.717, 1.165) is 23.0 Å². The minimum Gasteiger partial charge on any atom is -0.506 e. The van der Waals surface area contributed by atoms with Gasteiger partial charge in [-0.25, -0.2) is 0 Å². The van der Waals surface area contributed by atoms with Crippen LogP contribution in [-0.2, 0) is 17.8 Å². The van der Waals surface area contributed by atoms with Gasteiger partial charge in [-0.2, -0.15) is 0 Å². The number of benzene rings is 1. The Kier molecular flexibility index (Phi) is 2.11. The zero-order valence-electron chi connectivity index (χ0n) is 9.26. The molecule has 0 saturated heterocycles. The van der Waals surface area contributed by atoms with Crippen LogP contribution in [0.4, 0.5) is 0 Å². The smallest absolute Gasteiger partial charge is 0.308 e. The van der Waals surface area contributed by atoms with Crippen molar-refractivity contribution in [2.45, 2.75) is 19.4 Å². The average Bonchev–Trinajstić information content (AvgIpc) is 2.67. The van der Waals surface area contributed by atoms with Crippen molar-refractivity contribution in [2.75, 3.05) is 0 Å². The minimum atomic E-state index is -0.757. The van der Waals surface area contributed by atoms with E-state index in [1.54, 1.807) is 12.1 Å². The fourth-order valence-corrected chi connectivity index (χ4v) is 2.61. The Morgan fingerprint density at radius 2 is 2.24 bits per heavy atom. The normalized spacial score (nSPS) is 19.2. The molecule has 0 amide bonds. The molecule has 1 atom stereocenters. The predicted molar refractivity (Wildman–Crippen MR) is 63.0 cm³/mol. The summed E-state index contributed by atoms with van der Waals surface area (Å²) in [7, 11) is 0. The lowest BCUT2D eigenvalue weighted by atomic mass is 9.98. The lowest BCUT2D eigenvalue weighted by molar-refractivity contribution is -0.142. The summed E-state index contributed by atoms with van der Waals surface area (Å²) >= 11 is 0. The van der Waals surface area contributed by atoms with Crippen LogP contribution in [0.25, 0.3) is 10.9 Å². The number of aromatic hydroxyl groups is 1. The standard InChI is InChI=1S/C13H13NO3/c15-11-3-1-2-8-6-10-5-4-9(13(16)17)7-14(10)12(8)11/h1-3,6,9,15H,4-5,7H2,(H,16,17). The van der Waals surface area contributed by atoms with Crippen LogP contribution in [0.15, 0.2) is 24.3 Å². The second-order valence-corrected chi connectivity index (χ2v) is 4.54. The van der Waals surface area contributed by atoms with Crippen LogP contribution in [0, 0.1) is 5.92 Å². The number of aromatic nitrogens is 1. The maximum atomic E-state index is 11.0. The number of phenolic OH excluding ortho intramolecular Hbond substituents is 1. The van der Waals surface area contributed by atoms with E-state index in [2.05, 4.69) is 0 Å². The molecule has 1 aliphatic rings. The van der Waals surface area contributed by atoms with Crippen molar-refractivity contribution in [2.24, 2.45) is 5.92 Å².